The molecule has 1 aliphatic rings. The molecule has 22 nitrogen and oxygen atoms in total. The number of carboxylic acid groups (broad SMARTS) is 1. The molecule has 127 heavy (non-hydrogen) atoms. The molecule has 0 spiro atoms. The number of alkyl halides is 6. The first kappa shape index (κ1) is 104. The molecule has 6 heterocycles. The number of H-pyrrole nitrogens is 2. The number of aromatic amines is 2. The first-order valence-corrected chi connectivity index (χ1v) is 41.5. The number of halogens is 7. The Labute approximate surface area is 777 Å². The smallest absolute Gasteiger partial charge is 1.00 e. The summed E-state index contributed by atoms with van der Waals surface area (Å²) >= 11 is 1.96. The van der Waals surface area contributed by atoms with E-state index in [4.69, 9.17) is 17.3 Å². The molecule has 1 unspecified atom stereocenters. The SMILES string of the molecule is CN[C@H]1CCCC[C@@H]1C.COC(=O)c1ccn(-c2ccc(C)cc2)n1.COC(=O)c1ccn[nH]1.C[C@@H](CCc1ccn(-c2ccc(C(F)(F)F)cc2)n1)c1cccc2ccccc12.C[C@@H](N)c1cccc2ccccc12.Cc1ccc(-n2ccc(C=O)n2)cc1.Cc1ccc(-n2ccc(CO)n2)cc1.FC(F)(F)c1ccc(I)cc1.O=C(O)c1ccn[nH]1.[2H]CP.[Al].[H-].[Li+]. The van der Waals surface area contributed by atoms with Gasteiger partial charge in [-0.25, -0.2) is 33.1 Å². The van der Waals surface area contributed by atoms with Gasteiger partial charge in [-0.2, -0.15) is 56.9 Å². The summed E-state index contributed by atoms with van der Waals surface area (Å²) in [6.07, 6.45) is 9.65. The zero-order valence-electron chi connectivity index (χ0n) is 74.3. The van der Waals surface area contributed by atoms with E-state index in [0.717, 1.165) is 81.7 Å². The number of carbonyl (C=O) groups excluding carboxylic acids is 3. The predicted octanol–water partition coefficient (Wildman–Crippen LogP) is 17.9. The van der Waals surface area contributed by atoms with Gasteiger partial charge in [0.2, 0.25) is 0 Å². The van der Waals surface area contributed by atoms with E-state index in [1.165, 1.54) is 132 Å². The van der Waals surface area contributed by atoms with Gasteiger partial charge < -0.3 is 32.2 Å². The number of benzene rings is 9. The molecule has 0 amide bonds. The number of rotatable bonds is 15. The minimum Gasteiger partial charge on any atom is -1.00 e. The van der Waals surface area contributed by atoms with Crippen LogP contribution >= 0.6 is 31.8 Å². The maximum Gasteiger partial charge on any atom is 1.00 e. The summed E-state index contributed by atoms with van der Waals surface area (Å²) in [6, 6.07) is 74.2. The normalized spacial score (nSPS) is 12.8. The van der Waals surface area contributed by atoms with Gasteiger partial charge in [0.1, 0.15) is 17.1 Å². The molecule has 0 aliphatic heterocycles. The van der Waals surface area contributed by atoms with Gasteiger partial charge in [-0.15, -0.1) is 9.24 Å². The van der Waals surface area contributed by atoms with E-state index in [1.807, 2.05) is 154 Å². The summed E-state index contributed by atoms with van der Waals surface area (Å²) in [5.74, 6) is -0.526. The summed E-state index contributed by atoms with van der Waals surface area (Å²) in [6.45, 7) is 13.1. The largest absolute Gasteiger partial charge is 1.00 e. The fourth-order valence-electron chi connectivity index (χ4n) is 12.4. The van der Waals surface area contributed by atoms with Crippen LogP contribution in [0.25, 0.3) is 44.3 Å². The first-order chi connectivity index (χ1) is 60.4. The molecule has 15 aromatic rings. The fraction of sp³-hybridized carbons (Fsp3) is 0.242. The second-order valence-electron chi connectivity index (χ2n) is 28.4. The number of aryl methyl sites for hydroxylation is 4. The number of nitrogens with zero attached hydrogens (tertiary/aromatic N) is 10. The molecule has 1 saturated carbocycles. The number of hydrogen-bond donors (Lipinski definition) is 6. The molecule has 16 rings (SSSR count). The Morgan fingerprint density at radius 2 is 0.992 bits per heavy atom. The number of aldehydes is 1. The van der Waals surface area contributed by atoms with E-state index < -0.39 is 41.4 Å². The number of methoxy groups -OCH3 is 2. The predicted molar refractivity (Wildman–Crippen MR) is 496 cm³/mol. The number of aromatic nitrogens is 12. The minimum atomic E-state index is -4.33. The average Bonchev–Trinajstić information content (AvgIpc) is 1.80. The van der Waals surface area contributed by atoms with Crippen molar-refractivity contribution in [1.29, 1.82) is 0 Å². The number of fused-ring (bicyclic) bond motifs is 2. The Bertz CT molecular complexity index is 5730. The standard InChI is InChI=1S/C24H21F3N2.C12H12N2O2.C12H13N.C11H12N2O.C11H10N2O.C8H17N.C7H4F3I.C5H6N2O2.C4H4N2O2.CH5P.Al.Li.H/c1-17(22-8-4-6-18-5-2-3-7-23(18)22)9-12-20-15-16-29(28-20)21-13-10-19(11-14-21)24(25,26)27;1-9-3-5-10(6-4-9)14-8-7-11(13-14)12(15)16-2;1-9(13)11-8-4-6-10-5-2-3-7-12(10)11;2*1-9-2-4-11(5-3-9)13-7-6-10(8-14)12-13;1-7-5-3-4-6-8(7)9-2;8-7(9,10)5-1-3-6(11)4-2-5;1-9-5(8)4-2-3-6-7-4;7-4(8)3-1-2-5-6-3;1-2;;;/h2-8,10-11,13-17H,9,12H2,1H3;3-8H,1-2H3;2-9H,13H2,1H3;2-7,14H,8H2,1H3;2-8H,1H3;7-9H,3-6H2,1-2H3;1-4H;2-3H,1H3,(H,6,7);1-2H,(H,5,6)(H,7,8);2H2,1H3;;;/q;;;;;;;;;;;+1;-1/t17-;;9-;;;7-,8-;;;;;;;/m0.1..0......./s1/i;;;;;;;;;1D;;;. The van der Waals surface area contributed by atoms with E-state index in [2.05, 4.69) is 152 Å². The quantitative estimate of drug-likeness (QED) is 0.0139. The van der Waals surface area contributed by atoms with E-state index >= 15 is 0 Å². The molecule has 32 heteroatoms. The molecule has 0 saturated heterocycles. The molecule has 0 bridgehead atoms. The fourth-order valence-corrected chi connectivity index (χ4v) is 12.8. The van der Waals surface area contributed by atoms with Crippen molar-refractivity contribution in [3.63, 3.8) is 0 Å². The molecule has 1 aliphatic carbocycles. The summed E-state index contributed by atoms with van der Waals surface area (Å²) in [7, 11) is 6.98. The third kappa shape index (κ3) is 34.7. The molecular weight excluding hydrogens is 1770 g/mol. The van der Waals surface area contributed by atoms with Crippen LogP contribution in [0.4, 0.5) is 26.3 Å². The summed E-state index contributed by atoms with van der Waals surface area (Å²) < 4.78 is 96.6. The van der Waals surface area contributed by atoms with Gasteiger partial charge in [0.05, 0.1) is 66.1 Å². The molecule has 661 valence electrons. The van der Waals surface area contributed by atoms with Crippen LogP contribution in [0.15, 0.2) is 280 Å². The van der Waals surface area contributed by atoms with Gasteiger partial charge in [-0.3, -0.25) is 15.0 Å². The van der Waals surface area contributed by atoms with Crippen LogP contribution in [-0.4, -0.2) is 145 Å². The maximum atomic E-state index is 12.7. The molecular formula is C95H105AlF6ILiN14O8P. The van der Waals surface area contributed by atoms with Crippen molar-refractivity contribution in [3.05, 3.63) is 357 Å². The first-order valence-electron chi connectivity index (χ1n) is 40.4. The number of ether oxygens (including phenoxy) is 2. The van der Waals surface area contributed by atoms with Gasteiger partial charge in [0.15, 0.2) is 12.0 Å². The van der Waals surface area contributed by atoms with Crippen LogP contribution in [0.3, 0.4) is 0 Å². The van der Waals surface area contributed by atoms with Crippen molar-refractivity contribution in [1.82, 2.24) is 64.8 Å². The van der Waals surface area contributed by atoms with Gasteiger partial charge in [0, 0.05) is 71.6 Å². The molecule has 7 N–H and O–H groups in total. The van der Waals surface area contributed by atoms with Crippen LogP contribution in [-0.2, 0) is 34.9 Å². The van der Waals surface area contributed by atoms with Crippen molar-refractivity contribution in [2.45, 2.75) is 117 Å². The van der Waals surface area contributed by atoms with Crippen LogP contribution in [0.2, 0.25) is 0 Å². The second-order valence-corrected chi connectivity index (χ2v) is 29.7. The van der Waals surface area contributed by atoms with Crippen molar-refractivity contribution >= 4 is 94.9 Å². The topological polar surface area (TPSA) is 294 Å². The van der Waals surface area contributed by atoms with Crippen LogP contribution < -0.4 is 29.9 Å². The van der Waals surface area contributed by atoms with E-state index in [-0.39, 0.29) is 56.0 Å². The molecule has 9 aromatic carbocycles. The number of nitrogens with two attached hydrogens (primary N) is 1. The van der Waals surface area contributed by atoms with E-state index in [9.17, 15) is 45.5 Å². The third-order valence-electron chi connectivity index (χ3n) is 19.3. The summed E-state index contributed by atoms with van der Waals surface area (Å²) in [5, 5.41) is 54.1. The zero-order valence-corrected chi connectivity index (χ0v) is 76.8. The second kappa shape index (κ2) is 54.6. The van der Waals surface area contributed by atoms with Crippen LogP contribution in [0.5, 0.6) is 0 Å². The Hall–Kier alpha value is -11.4. The van der Waals surface area contributed by atoms with Crippen molar-refractivity contribution in [2.24, 2.45) is 11.7 Å². The monoisotopic (exact) mass is 1880 g/mol. The number of aliphatic hydroxyl groups excluding tert-OH is 1. The van der Waals surface area contributed by atoms with Gasteiger partial charge in [-0.1, -0.05) is 171 Å². The van der Waals surface area contributed by atoms with E-state index in [1.54, 1.807) is 61.6 Å². The Morgan fingerprint density at radius 1 is 0.583 bits per heavy atom. The van der Waals surface area contributed by atoms with Gasteiger partial charge in [0.25, 0.3) is 0 Å². The van der Waals surface area contributed by atoms with E-state index in [0.29, 0.717) is 41.0 Å². The zero-order chi connectivity index (χ0) is 91.7. The van der Waals surface area contributed by atoms with Crippen LogP contribution in [0, 0.1) is 30.3 Å². The molecule has 3 radical (unpaired) electrons. The number of nitrogens with one attached hydrogen (secondary N) is 3. The van der Waals surface area contributed by atoms with Crippen molar-refractivity contribution in [2.75, 3.05) is 27.9 Å². The average molecular weight is 1880 g/mol. The summed E-state index contributed by atoms with van der Waals surface area (Å²) in [5.41, 5.74) is 17.2. The van der Waals surface area contributed by atoms with Crippen molar-refractivity contribution in [3.8, 4) is 22.7 Å². The summed E-state index contributed by atoms with van der Waals surface area (Å²) in [4.78, 5) is 42.2. The number of esters is 2. The molecule has 1 fully saturated rings. The Balaban J connectivity index is 0.000000311. The third-order valence-corrected chi connectivity index (χ3v) is 20.0. The maximum absolute atomic E-state index is 12.7. The van der Waals surface area contributed by atoms with Gasteiger partial charge in [-0.05, 0) is 249 Å². The number of carboxylic acids is 1. The molecule has 5 atom stereocenters. The minimum absolute atomic E-state index is 0. The number of hydrogen-bond acceptors (Lipinski definition) is 15. The number of carbonyl (C=O) groups is 4. The Kier molecular flexibility index (Phi) is 44.9. The Morgan fingerprint density at radius 3 is 1.40 bits per heavy atom. The van der Waals surface area contributed by atoms with Crippen molar-refractivity contribution < 1.29 is 86.9 Å². The number of aliphatic hydroxyl groups is 1. The number of aromatic carboxylic acids is 1. The van der Waals surface area contributed by atoms with Crippen LogP contribution in [0.1, 0.15) is 160 Å². The van der Waals surface area contributed by atoms with Gasteiger partial charge >= 0.3 is 49.1 Å². The molecule has 6 aromatic heterocycles.